The molecule has 1 unspecified atom stereocenters. The number of pyridine rings is 1. The number of carbonyl (C=O) groups is 3. The lowest BCUT2D eigenvalue weighted by atomic mass is 9.95. The zero-order chi connectivity index (χ0) is 14.5. The molecule has 2 rings (SSSR count). The molecule has 1 amide bonds. The number of amides is 1. The number of nitrogens with zero attached hydrogens (tertiary/aromatic N) is 2. The molecule has 1 aromatic heterocycles. The van der Waals surface area contributed by atoms with Crippen molar-refractivity contribution in [3.8, 4) is 0 Å². The summed E-state index contributed by atoms with van der Waals surface area (Å²) in [5.74, 6) is -1.68. The summed E-state index contributed by atoms with van der Waals surface area (Å²) in [7, 11) is 1.26. The summed E-state index contributed by atoms with van der Waals surface area (Å²) in [5, 5.41) is 0. The molecule has 0 N–H and O–H groups in total. The molecule has 1 saturated heterocycles. The third kappa shape index (κ3) is 3.20. The number of Topliss-reactive ketones (excluding diaryl/α,β-unsaturated/α-hetero) is 1. The minimum atomic E-state index is -0.737. The van der Waals surface area contributed by atoms with Crippen molar-refractivity contribution >= 4 is 17.7 Å². The van der Waals surface area contributed by atoms with Crippen molar-refractivity contribution in [2.45, 2.75) is 12.8 Å². The van der Waals surface area contributed by atoms with E-state index in [1.807, 2.05) is 6.07 Å². The molecular formula is C14H16N2O4. The number of carbonyl (C=O) groups excluding carboxylic acids is 3. The third-order valence-electron chi connectivity index (χ3n) is 3.32. The molecule has 6 heteroatoms. The Hall–Kier alpha value is -2.24. The maximum atomic E-state index is 12.1. The van der Waals surface area contributed by atoms with E-state index in [9.17, 15) is 14.4 Å². The zero-order valence-electron chi connectivity index (χ0n) is 11.2. The van der Waals surface area contributed by atoms with Gasteiger partial charge in [0.05, 0.1) is 20.1 Å². The van der Waals surface area contributed by atoms with E-state index in [4.69, 9.17) is 0 Å². The van der Waals surface area contributed by atoms with Crippen molar-refractivity contribution in [2.75, 3.05) is 20.2 Å². The fraction of sp³-hybridized carbons (Fsp3) is 0.429. The van der Waals surface area contributed by atoms with Gasteiger partial charge in [0, 0.05) is 18.4 Å². The Morgan fingerprint density at radius 3 is 2.85 bits per heavy atom. The highest BCUT2D eigenvalue weighted by molar-refractivity contribution is 6.02. The Labute approximate surface area is 116 Å². The first-order valence-electron chi connectivity index (χ1n) is 6.40. The molecule has 1 aliphatic heterocycles. The van der Waals surface area contributed by atoms with E-state index in [2.05, 4.69) is 9.72 Å². The number of rotatable bonds is 3. The molecule has 0 spiro atoms. The summed E-state index contributed by atoms with van der Waals surface area (Å²) in [6.45, 7) is 0.350. The molecule has 2 heterocycles. The third-order valence-corrected chi connectivity index (χ3v) is 3.32. The van der Waals surface area contributed by atoms with Crippen molar-refractivity contribution < 1.29 is 19.1 Å². The highest BCUT2D eigenvalue weighted by atomic mass is 16.5. The first-order valence-corrected chi connectivity index (χ1v) is 6.40. The van der Waals surface area contributed by atoms with E-state index in [0.717, 1.165) is 0 Å². The Bertz CT molecular complexity index is 515. The van der Waals surface area contributed by atoms with Crippen molar-refractivity contribution in [3.05, 3.63) is 30.1 Å². The second-order valence-corrected chi connectivity index (χ2v) is 4.64. The lowest BCUT2D eigenvalue weighted by Crippen LogP contribution is -2.47. The molecule has 106 valence electrons. The summed E-state index contributed by atoms with van der Waals surface area (Å²) in [6, 6.07) is 5.35. The van der Waals surface area contributed by atoms with Gasteiger partial charge in [0.2, 0.25) is 5.91 Å². The van der Waals surface area contributed by atoms with Gasteiger partial charge in [0.1, 0.15) is 5.92 Å². The average Bonchev–Trinajstić information content (AvgIpc) is 2.47. The van der Waals surface area contributed by atoms with Crippen LogP contribution in [-0.2, 0) is 25.5 Å². The molecule has 0 bridgehead atoms. The maximum absolute atomic E-state index is 12.1. The molecule has 20 heavy (non-hydrogen) atoms. The summed E-state index contributed by atoms with van der Waals surface area (Å²) < 4.78 is 4.58. The fourth-order valence-electron chi connectivity index (χ4n) is 2.20. The van der Waals surface area contributed by atoms with Gasteiger partial charge < -0.3 is 9.64 Å². The van der Waals surface area contributed by atoms with Gasteiger partial charge in [-0.25, -0.2) is 0 Å². The van der Waals surface area contributed by atoms with Crippen molar-refractivity contribution in [1.29, 1.82) is 0 Å². The van der Waals surface area contributed by atoms with Gasteiger partial charge in [-0.05, 0) is 18.6 Å². The van der Waals surface area contributed by atoms with Gasteiger partial charge in [-0.3, -0.25) is 19.4 Å². The number of likely N-dealkylation sites (tertiary alicyclic amines) is 1. The molecule has 1 fully saturated rings. The van der Waals surface area contributed by atoms with E-state index >= 15 is 0 Å². The van der Waals surface area contributed by atoms with Crippen LogP contribution in [-0.4, -0.2) is 47.7 Å². The van der Waals surface area contributed by atoms with Crippen LogP contribution in [0.3, 0.4) is 0 Å². The quantitative estimate of drug-likeness (QED) is 0.583. The first kappa shape index (κ1) is 14.2. The zero-order valence-corrected chi connectivity index (χ0v) is 11.2. The van der Waals surface area contributed by atoms with E-state index < -0.39 is 11.9 Å². The van der Waals surface area contributed by atoms with Crippen LogP contribution in [0.1, 0.15) is 12.1 Å². The smallest absolute Gasteiger partial charge is 0.316 e. The predicted molar refractivity (Wildman–Crippen MR) is 69.7 cm³/mol. The van der Waals surface area contributed by atoms with Crippen LogP contribution in [0.5, 0.6) is 0 Å². The van der Waals surface area contributed by atoms with Crippen molar-refractivity contribution in [2.24, 2.45) is 5.92 Å². The molecule has 0 radical (unpaired) electrons. The highest BCUT2D eigenvalue weighted by Gasteiger charge is 2.34. The lowest BCUT2D eigenvalue weighted by molar-refractivity contribution is -0.154. The van der Waals surface area contributed by atoms with Crippen molar-refractivity contribution in [1.82, 2.24) is 9.88 Å². The highest BCUT2D eigenvalue weighted by Crippen LogP contribution is 2.16. The van der Waals surface area contributed by atoms with Crippen LogP contribution < -0.4 is 0 Å². The minimum Gasteiger partial charge on any atom is -0.468 e. The van der Waals surface area contributed by atoms with Gasteiger partial charge in [-0.1, -0.05) is 6.07 Å². The van der Waals surface area contributed by atoms with E-state index in [0.29, 0.717) is 18.7 Å². The SMILES string of the molecule is COC(=O)C1CCN(C(=O)Cc2ccccn2)CC1=O. The summed E-state index contributed by atoms with van der Waals surface area (Å²) in [4.78, 5) is 40.9. The molecule has 0 saturated carbocycles. The van der Waals surface area contributed by atoms with E-state index in [-0.39, 0.29) is 24.7 Å². The second kappa shape index (κ2) is 6.27. The fourth-order valence-corrected chi connectivity index (χ4v) is 2.20. The summed E-state index contributed by atoms with van der Waals surface area (Å²) in [6.07, 6.45) is 2.10. The number of piperidine rings is 1. The van der Waals surface area contributed by atoms with Gasteiger partial charge in [-0.2, -0.15) is 0 Å². The van der Waals surface area contributed by atoms with Gasteiger partial charge in [-0.15, -0.1) is 0 Å². The number of esters is 1. The van der Waals surface area contributed by atoms with Crippen LogP contribution in [0.2, 0.25) is 0 Å². The molecular weight excluding hydrogens is 260 g/mol. The number of ether oxygens (including phenoxy) is 1. The molecule has 1 aromatic rings. The number of methoxy groups -OCH3 is 1. The Kier molecular flexibility index (Phi) is 4.45. The van der Waals surface area contributed by atoms with Crippen LogP contribution >= 0.6 is 0 Å². The van der Waals surface area contributed by atoms with Crippen LogP contribution in [0, 0.1) is 5.92 Å². The van der Waals surface area contributed by atoms with Crippen LogP contribution in [0.25, 0.3) is 0 Å². The van der Waals surface area contributed by atoms with Gasteiger partial charge in [0.15, 0.2) is 5.78 Å². The number of hydrogen-bond donors (Lipinski definition) is 0. The molecule has 1 atom stereocenters. The van der Waals surface area contributed by atoms with Gasteiger partial charge >= 0.3 is 5.97 Å². The Morgan fingerprint density at radius 2 is 2.25 bits per heavy atom. The Balaban J connectivity index is 1.94. The predicted octanol–water partition coefficient (Wildman–Crippen LogP) is 0.215. The maximum Gasteiger partial charge on any atom is 0.316 e. The van der Waals surface area contributed by atoms with E-state index in [1.165, 1.54) is 12.0 Å². The number of hydrogen-bond acceptors (Lipinski definition) is 5. The van der Waals surface area contributed by atoms with Crippen molar-refractivity contribution in [3.63, 3.8) is 0 Å². The molecule has 0 aliphatic carbocycles. The molecule has 0 aromatic carbocycles. The number of ketones is 1. The molecule has 1 aliphatic rings. The molecule has 6 nitrogen and oxygen atoms in total. The second-order valence-electron chi connectivity index (χ2n) is 4.64. The van der Waals surface area contributed by atoms with E-state index in [1.54, 1.807) is 18.3 Å². The standard InChI is InChI=1S/C14H16N2O4/c1-20-14(19)11-5-7-16(9-12(11)17)13(18)8-10-4-2-3-6-15-10/h2-4,6,11H,5,7-9H2,1H3. The topological polar surface area (TPSA) is 76.6 Å². The average molecular weight is 276 g/mol. The normalized spacial score (nSPS) is 18.8. The summed E-state index contributed by atoms with van der Waals surface area (Å²) >= 11 is 0. The first-order chi connectivity index (χ1) is 9.61. The van der Waals surface area contributed by atoms with Crippen LogP contribution in [0.15, 0.2) is 24.4 Å². The largest absolute Gasteiger partial charge is 0.468 e. The van der Waals surface area contributed by atoms with Crippen LogP contribution in [0.4, 0.5) is 0 Å². The van der Waals surface area contributed by atoms with Gasteiger partial charge in [0.25, 0.3) is 0 Å². The number of aromatic nitrogens is 1. The monoisotopic (exact) mass is 276 g/mol. The minimum absolute atomic E-state index is 0.0363. The summed E-state index contributed by atoms with van der Waals surface area (Å²) in [5.41, 5.74) is 0.667. The lowest BCUT2D eigenvalue weighted by Gasteiger charge is -2.29. The Morgan fingerprint density at radius 1 is 1.45 bits per heavy atom.